The Bertz CT molecular complexity index is 705. The van der Waals surface area contributed by atoms with E-state index >= 15 is 0 Å². The van der Waals surface area contributed by atoms with Gasteiger partial charge in [-0.1, -0.05) is 0 Å². The maximum absolute atomic E-state index is 12.5. The first-order valence-electron chi connectivity index (χ1n) is 6.01. The summed E-state index contributed by atoms with van der Waals surface area (Å²) in [5.74, 6) is 0. The van der Waals surface area contributed by atoms with E-state index in [2.05, 4.69) is 0 Å². The van der Waals surface area contributed by atoms with Gasteiger partial charge in [0.25, 0.3) is 0 Å². The normalized spacial score (nSPS) is 12.2. The molecule has 0 radical (unpaired) electrons. The van der Waals surface area contributed by atoms with Crippen molar-refractivity contribution in [3.63, 3.8) is 0 Å². The fourth-order valence-corrected chi connectivity index (χ4v) is 5.37. The van der Waals surface area contributed by atoms with Gasteiger partial charge in [-0.25, -0.2) is 16.8 Å². The highest BCUT2D eigenvalue weighted by Gasteiger charge is 2.52. The Hall–Kier alpha value is -2.22. The van der Waals surface area contributed by atoms with Gasteiger partial charge >= 0.3 is 0 Å². The molecule has 0 fully saturated rings. The lowest BCUT2D eigenvalue weighted by Crippen LogP contribution is -2.54. The predicted molar refractivity (Wildman–Crippen MR) is 77.5 cm³/mol. The van der Waals surface area contributed by atoms with E-state index < -0.39 is 50.3 Å². The van der Waals surface area contributed by atoms with Crippen molar-refractivity contribution >= 4 is 20.0 Å². The van der Waals surface area contributed by atoms with Crippen LogP contribution in [0.1, 0.15) is 13.8 Å². The molecule has 0 aromatic rings. The first kappa shape index (κ1) is 20.8. The minimum Gasteiger partial charge on any atom is -0.210 e. The average Bonchev–Trinajstić information content (AvgIpc) is 2.46. The quantitative estimate of drug-likeness (QED) is 0.501. The van der Waals surface area contributed by atoms with Gasteiger partial charge in [0.2, 0.25) is 20.0 Å². The summed E-state index contributed by atoms with van der Waals surface area (Å²) in [6, 6.07) is 6.18. The molecule has 0 aliphatic heterocycles. The third kappa shape index (κ3) is 3.95. The van der Waals surface area contributed by atoms with Crippen LogP contribution in [0.3, 0.4) is 0 Å². The molecule has 0 amide bonds. The van der Waals surface area contributed by atoms with E-state index in [0.717, 1.165) is 13.8 Å². The Labute approximate surface area is 135 Å². The molecule has 0 saturated heterocycles. The molecule has 0 bridgehead atoms. The third-order valence-electron chi connectivity index (χ3n) is 2.91. The van der Waals surface area contributed by atoms with Crippen LogP contribution in [0.25, 0.3) is 0 Å². The fraction of sp³-hybridized carbons (Fsp3) is 0.636. The number of nitriles is 4. The Morgan fingerprint density at radius 3 is 1.09 bits per heavy atom. The van der Waals surface area contributed by atoms with Crippen LogP contribution in [0.15, 0.2) is 0 Å². The summed E-state index contributed by atoms with van der Waals surface area (Å²) >= 11 is 0. The van der Waals surface area contributed by atoms with E-state index in [9.17, 15) is 16.8 Å². The van der Waals surface area contributed by atoms with Gasteiger partial charge in [0.15, 0.2) is 4.08 Å². The van der Waals surface area contributed by atoms with Crippen LogP contribution in [0.4, 0.5) is 0 Å². The SMILES string of the molecule is CC(C)(S(=O)(=O)N(CC#N)CC#N)S(=O)(=O)N(CC#N)CC#N. The summed E-state index contributed by atoms with van der Waals surface area (Å²) in [5, 5.41) is 34.6. The first-order valence-corrected chi connectivity index (χ1v) is 8.89. The van der Waals surface area contributed by atoms with Gasteiger partial charge in [-0.15, -0.1) is 0 Å². The molecule has 0 aliphatic rings. The van der Waals surface area contributed by atoms with Gasteiger partial charge in [-0.05, 0) is 13.8 Å². The van der Waals surface area contributed by atoms with Gasteiger partial charge in [0, 0.05) is 0 Å². The highest BCUT2D eigenvalue weighted by Crippen LogP contribution is 2.29. The molecule has 0 unspecified atom stereocenters. The van der Waals surface area contributed by atoms with Crippen LogP contribution in [0.5, 0.6) is 0 Å². The second kappa shape index (κ2) is 7.87. The fourth-order valence-electron chi connectivity index (χ4n) is 1.52. The van der Waals surface area contributed by atoms with Crippen LogP contribution in [0, 0.1) is 45.3 Å². The van der Waals surface area contributed by atoms with Gasteiger partial charge < -0.3 is 0 Å². The second-order valence-electron chi connectivity index (χ2n) is 4.58. The van der Waals surface area contributed by atoms with Crippen LogP contribution >= 0.6 is 0 Å². The summed E-state index contributed by atoms with van der Waals surface area (Å²) in [6.45, 7) is -1.06. The van der Waals surface area contributed by atoms with Gasteiger partial charge in [-0.2, -0.15) is 29.7 Å². The Kier molecular flexibility index (Phi) is 7.11. The largest absolute Gasteiger partial charge is 0.237 e. The van der Waals surface area contributed by atoms with Crippen molar-refractivity contribution in [1.82, 2.24) is 8.61 Å². The van der Waals surface area contributed by atoms with Gasteiger partial charge in [0.05, 0.1) is 24.3 Å². The van der Waals surface area contributed by atoms with Crippen molar-refractivity contribution < 1.29 is 16.8 Å². The molecule has 124 valence electrons. The molecule has 0 aliphatic carbocycles. The van der Waals surface area contributed by atoms with Crippen molar-refractivity contribution in [1.29, 1.82) is 21.0 Å². The molecule has 23 heavy (non-hydrogen) atoms. The van der Waals surface area contributed by atoms with E-state index in [1.165, 1.54) is 0 Å². The van der Waals surface area contributed by atoms with Crippen molar-refractivity contribution in [2.75, 3.05) is 26.2 Å². The number of hydrogen-bond donors (Lipinski definition) is 0. The van der Waals surface area contributed by atoms with E-state index in [0.29, 0.717) is 8.61 Å². The van der Waals surface area contributed by atoms with E-state index in [1.807, 2.05) is 0 Å². The first-order chi connectivity index (χ1) is 10.5. The second-order valence-corrected chi connectivity index (χ2v) is 9.81. The van der Waals surface area contributed by atoms with E-state index in [1.54, 1.807) is 24.3 Å². The summed E-state index contributed by atoms with van der Waals surface area (Å²) in [4.78, 5) is 0. The Balaban J connectivity index is 6.13. The molecule has 10 nitrogen and oxygen atoms in total. The highest BCUT2D eigenvalue weighted by molar-refractivity contribution is 8.08. The Morgan fingerprint density at radius 1 is 0.696 bits per heavy atom. The molecule has 12 heteroatoms. The van der Waals surface area contributed by atoms with Crippen LogP contribution in [-0.2, 0) is 20.0 Å². The molecule has 0 saturated carbocycles. The van der Waals surface area contributed by atoms with Gasteiger partial charge in [0.1, 0.15) is 26.2 Å². The minimum absolute atomic E-state index is 0.432. The molecule has 0 spiro atoms. The van der Waals surface area contributed by atoms with Crippen molar-refractivity contribution in [3.05, 3.63) is 0 Å². The van der Waals surface area contributed by atoms with Crippen molar-refractivity contribution in [2.24, 2.45) is 0 Å². The zero-order valence-electron chi connectivity index (χ0n) is 12.5. The number of hydrogen-bond acceptors (Lipinski definition) is 8. The zero-order chi connectivity index (χ0) is 18.3. The van der Waals surface area contributed by atoms with E-state index in [-0.39, 0.29) is 0 Å². The molecule has 0 rings (SSSR count). The average molecular weight is 358 g/mol. The topological polar surface area (TPSA) is 170 Å². The van der Waals surface area contributed by atoms with Crippen LogP contribution in [-0.4, -0.2) is 55.7 Å². The van der Waals surface area contributed by atoms with Crippen molar-refractivity contribution in [3.8, 4) is 24.3 Å². The number of rotatable bonds is 8. The third-order valence-corrected chi connectivity index (χ3v) is 8.54. The molecule has 0 N–H and O–H groups in total. The summed E-state index contributed by atoms with van der Waals surface area (Å²) in [5.41, 5.74) is 0. The molecule has 0 atom stereocenters. The minimum atomic E-state index is -4.62. The maximum Gasteiger partial charge on any atom is 0.237 e. The lowest BCUT2D eigenvalue weighted by Gasteiger charge is -2.32. The summed E-state index contributed by atoms with van der Waals surface area (Å²) < 4.78 is 48.6. The summed E-state index contributed by atoms with van der Waals surface area (Å²) in [6.07, 6.45) is 0. The standard InChI is InChI=1S/C11H14N6O4S2/c1-11(2,22(18,19)16(7-3-12)8-4-13)23(20,21)17(9-5-14)10-6-15/h7-10H2,1-2H3. The molecular weight excluding hydrogens is 344 g/mol. The van der Waals surface area contributed by atoms with Gasteiger partial charge in [-0.3, -0.25) is 0 Å². The molecule has 0 aromatic carbocycles. The molecule has 0 heterocycles. The number of nitrogens with zero attached hydrogens (tertiary/aromatic N) is 6. The maximum atomic E-state index is 12.5. The Morgan fingerprint density at radius 2 is 0.913 bits per heavy atom. The smallest absolute Gasteiger partial charge is 0.210 e. The molecular formula is C11H14N6O4S2. The van der Waals surface area contributed by atoms with Crippen molar-refractivity contribution in [2.45, 2.75) is 17.9 Å². The van der Waals surface area contributed by atoms with Crippen LogP contribution < -0.4 is 0 Å². The summed E-state index contributed by atoms with van der Waals surface area (Å²) in [7, 11) is -9.25. The lowest BCUT2D eigenvalue weighted by molar-refractivity contribution is 0.439. The van der Waals surface area contributed by atoms with Crippen LogP contribution in [0.2, 0.25) is 0 Å². The lowest BCUT2D eigenvalue weighted by atomic mass is 10.5. The zero-order valence-corrected chi connectivity index (χ0v) is 14.1. The number of sulfonamides is 2. The predicted octanol–water partition coefficient (Wildman–Crippen LogP) is -0.920. The highest BCUT2D eigenvalue weighted by atomic mass is 32.3. The molecule has 0 aromatic heterocycles. The van der Waals surface area contributed by atoms with E-state index in [4.69, 9.17) is 21.0 Å². The monoisotopic (exact) mass is 358 g/mol.